The molecule has 8 nitrogen and oxygen atoms in total. The number of methoxy groups -OCH3 is 1. The molecule has 0 radical (unpaired) electrons. The number of aryl methyl sites for hydroxylation is 1. The number of urea groups is 1. The molecule has 0 bridgehead atoms. The summed E-state index contributed by atoms with van der Waals surface area (Å²) in [6.07, 6.45) is 5.07. The average Bonchev–Trinajstić information content (AvgIpc) is 3.21. The quantitative estimate of drug-likeness (QED) is 0.616. The molecule has 1 fully saturated rings. The van der Waals surface area contributed by atoms with Crippen molar-refractivity contribution in [2.24, 2.45) is 0 Å². The number of imidazole rings is 1. The van der Waals surface area contributed by atoms with Crippen LogP contribution in [-0.4, -0.2) is 53.1 Å². The minimum Gasteiger partial charge on any atom is -0.495 e. The molecule has 1 aromatic heterocycles. The summed E-state index contributed by atoms with van der Waals surface area (Å²) >= 11 is 0. The van der Waals surface area contributed by atoms with Gasteiger partial charge in [0.05, 0.1) is 30.2 Å². The van der Waals surface area contributed by atoms with E-state index in [9.17, 15) is 9.59 Å². The van der Waals surface area contributed by atoms with E-state index < -0.39 is 0 Å². The summed E-state index contributed by atoms with van der Waals surface area (Å²) in [5.41, 5.74) is 4.05. The molecule has 1 aliphatic heterocycles. The van der Waals surface area contributed by atoms with Gasteiger partial charge in [-0.15, -0.1) is 0 Å². The number of amides is 3. The molecule has 2 heterocycles. The summed E-state index contributed by atoms with van der Waals surface area (Å²) in [6.45, 7) is 4.60. The lowest BCUT2D eigenvalue weighted by molar-refractivity contribution is 0.0724. The predicted molar refractivity (Wildman–Crippen MR) is 124 cm³/mol. The van der Waals surface area contributed by atoms with Crippen molar-refractivity contribution in [3.63, 3.8) is 0 Å². The monoisotopic (exact) mass is 435 g/mol. The van der Waals surface area contributed by atoms with Crippen LogP contribution >= 0.6 is 0 Å². The highest BCUT2D eigenvalue weighted by Gasteiger charge is 2.19. The number of carbonyl (C=O) groups excluding carboxylic acids is 2. The smallest absolute Gasteiger partial charge is 0.319 e. The first kappa shape index (κ1) is 21.7. The Balaban J connectivity index is 1.35. The molecular weight excluding hydrogens is 406 g/mol. The average molecular weight is 436 g/mol. The first-order valence-corrected chi connectivity index (χ1v) is 11.0. The number of ether oxygens (including phenoxy) is 1. The van der Waals surface area contributed by atoms with Crippen molar-refractivity contribution < 1.29 is 14.3 Å². The fraction of sp³-hybridized carbons (Fsp3) is 0.375. The van der Waals surface area contributed by atoms with Crippen molar-refractivity contribution in [1.29, 1.82) is 0 Å². The molecule has 1 aliphatic rings. The maximum absolute atomic E-state index is 12.7. The Morgan fingerprint density at radius 2 is 1.91 bits per heavy atom. The van der Waals surface area contributed by atoms with Crippen LogP contribution in [-0.2, 0) is 6.54 Å². The molecule has 32 heavy (non-hydrogen) atoms. The van der Waals surface area contributed by atoms with Crippen LogP contribution in [0.4, 0.5) is 10.5 Å². The fourth-order valence-electron chi connectivity index (χ4n) is 4.03. The number of benzene rings is 2. The molecule has 1 saturated heterocycles. The van der Waals surface area contributed by atoms with Crippen molar-refractivity contribution in [2.45, 2.75) is 32.7 Å². The van der Waals surface area contributed by atoms with Gasteiger partial charge in [0.25, 0.3) is 5.91 Å². The lowest BCUT2D eigenvalue weighted by Gasteiger charge is -2.26. The standard InChI is InChI=1S/C24H29N5O3/c1-17-6-9-22(32-2)20(14-17)27-24(31)25-10-13-29-16-26-19-15-18(7-8-21(19)29)23(30)28-11-4-3-5-12-28/h6-9,14-16H,3-5,10-13H2,1-2H3,(H2,25,27,31). The summed E-state index contributed by atoms with van der Waals surface area (Å²) in [7, 11) is 1.57. The van der Waals surface area contributed by atoms with Crippen molar-refractivity contribution >= 4 is 28.7 Å². The Morgan fingerprint density at radius 3 is 2.69 bits per heavy atom. The Bertz CT molecular complexity index is 1120. The summed E-state index contributed by atoms with van der Waals surface area (Å²) in [5.74, 6) is 0.687. The zero-order valence-corrected chi connectivity index (χ0v) is 18.6. The van der Waals surface area contributed by atoms with Crippen LogP contribution in [0.1, 0.15) is 35.2 Å². The molecular formula is C24H29N5O3. The summed E-state index contributed by atoms with van der Waals surface area (Å²) in [4.78, 5) is 31.4. The van der Waals surface area contributed by atoms with Crippen LogP contribution in [0.2, 0.25) is 0 Å². The molecule has 8 heteroatoms. The number of aromatic nitrogens is 2. The topological polar surface area (TPSA) is 88.5 Å². The Kier molecular flexibility index (Phi) is 6.58. The molecule has 0 atom stereocenters. The van der Waals surface area contributed by atoms with E-state index in [1.807, 2.05) is 52.8 Å². The van der Waals surface area contributed by atoms with Gasteiger partial charge in [-0.25, -0.2) is 9.78 Å². The van der Waals surface area contributed by atoms with Gasteiger partial charge >= 0.3 is 6.03 Å². The van der Waals surface area contributed by atoms with E-state index in [4.69, 9.17) is 4.74 Å². The van der Waals surface area contributed by atoms with Gasteiger partial charge in [0.1, 0.15) is 5.75 Å². The summed E-state index contributed by atoms with van der Waals surface area (Å²) in [6, 6.07) is 11.0. The van der Waals surface area contributed by atoms with E-state index in [0.717, 1.165) is 42.5 Å². The molecule has 0 aliphatic carbocycles. The van der Waals surface area contributed by atoms with Crippen molar-refractivity contribution in [2.75, 3.05) is 32.1 Å². The Labute approximate surface area is 187 Å². The van der Waals surface area contributed by atoms with Crippen LogP contribution in [0.15, 0.2) is 42.7 Å². The number of carbonyl (C=O) groups is 2. The molecule has 0 unspecified atom stereocenters. The first-order valence-electron chi connectivity index (χ1n) is 11.0. The van der Waals surface area contributed by atoms with Crippen molar-refractivity contribution in [3.05, 3.63) is 53.9 Å². The highest BCUT2D eigenvalue weighted by atomic mass is 16.5. The van der Waals surface area contributed by atoms with E-state index in [0.29, 0.717) is 30.1 Å². The second-order valence-corrected chi connectivity index (χ2v) is 8.08. The molecule has 4 rings (SSSR count). The van der Waals surface area contributed by atoms with E-state index in [-0.39, 0.29) is 11.9 Å². The zero-order valence-electron chi connectivity index (χ0n) is 18.6. The van der Waals surface area contributed by atoms with Crippen LogP contribution in [0.5, 0.6) is 5.75 Å². The maximum Gasteiger partial charge on any atom is 0.319 e. The second-order valence-electron chi connectivity index (χ2n) is 8.08. The molecule has 168 valence electrons. The minimum atomic E-state index is -0.298. The molecule has 0 spiro atoms. The Hall–Kier alpha value is -3.55. The van der Waals surface area contributed by atoms with Crippen molar-refractivity contribution in [3.8, 4) is 5.75 Å². The lowest BCUT2D eigenvalue weighted by atomic mass is 10.1. The maximum atomic E-state index is 12.7. The molecule has 2 aromatic carbocycles. The Morgan fingerprint density at radius 1 is 1.09 bits per heavy atom. The lowest BCUT2D eigenvalue weighted by Crippen LogP contribution is -2.35. The number of likely N-dealkylation sites (tertiary alicyclic amines) is 1. The van der Waals surface area contributed by atoms with Gasteiger partial charge in [0.15, 0.2) is 0 Å². The number of hydrogen-bond acceptors (Lipinski definition) is 4. The van der Waals surface area contributed by atoms with E-state index in [1.165, 1.54) is 6.42 Å². The molecule has 3 aromatic rings. The van der Waals surface area contributed by atoms with Gasteiger partial charge in [0.2, 0.25) is 0 Å². The van der Waals surface area contributed by atoms with Crippen LogP contribution < -0.4 is 15.4 Å². The van der Waals surface area contributed by atoms with Gasteiger partial charge in [-0.05, 0) is 62.1 Å². The van der Waals surface area contributed by atoms with E-state index >= 15 is 0 Å². The van der Waals surface area contributed by atoms with Gasteiger partial charge in [0, 0.05) is 31.7 Å². The number of hydrogen-bond donors (Lipinski definition) is 2. The van der Waals surface area contributed by atoms with Crippen LogP contribution in [0.3, 0.4) is 0 Å². The van der Waals surface area contributed by atoms with Gasteiger partial charge in [-0.2, -0.15) is 0 Å². The second kappa shape index (κ2) is 9.72. The number of nitrogens with zero attached hydrogens (tertiary/aromatic N) is 3. The van der Waals surface area contributed by atoms with E-state index in [2.05, 4.69) is 15.6 Å². The fourth-order valence-corrected chi connectivity index (χ4v) is 4.03. The number of fused-ring (bicyclic) bond motifs is 1. The normalized spacial score (nSPS) is 13.8. The number of anilines is 1. The third-order valence-electron chi connectivity index (χ3n) is 5.75. The van der Waals surface area contributed by atoms with Crippen LogP contribution in [0.25, 0.3) is 11.0 Å². The zero-order chi connectivity index (χ0) is 22.5. The van der Waals surface area contributed by atoms with Gasteiger partial charge < -0.3 is 24.8 Å². The SMILES string of the molecule is COc1ccc(C)cc1NC(=O)NCCn1cnc2cc(C(=O)N3CCCCC3)ccc21. The van der Waals surface area contributed by atoms with Gasteiger partial charge in [-0.1, -0.05) is 6.07 Å². The third-order valence-corrected chi connectivity index (χ3v) is 5.75. The summed E-state index contributed by atoms with van der Waals surface area (Å²) < 4.78 is 7.27. The van der Waals surface area contributed by atoms with E-state index in [1.54, 1.807) is 13.4 Å². The molecule has 0 saturated carbocycles. The third kappa shape index (κ3) is 4.85. The first-order chi connectivity index (χ1) is 15.5. The molecule has 2 N–H and O–H groups in total. The highest BCUT2D eigenvalue weighted by Crippen LogP contribution is 2.25. The number of nitrogens with one attached hydrogen (secondary N) is 2. The van der Waals surface area contributed by atoms with Crippen LogP contribution in [0, 0.1) is 6.92 Å². The summed E-state index contributed by atoms with van der Waals surface area (Å²) in [5, 5.41) is 5.69. The largest absolute Gasteiger partial charge is 0.495 e. The number of rotatable bonds is 6. The predicted octanol–water partition coefficient (Wildman–Crippen LogP) is 3.80. The highest BCUT2D eigenvalue weighted by molar-refractivity contribution is 5.97. The van der Waals surface area contributed by atoms with Crippen molar-refractivity contribution in [1.82, 2.24) is 19.8 Å². The minimum absolute atomic E-state index is 0.0751. The van der Waals surface area contributed by atoms with Gasteiger partial charge in [-0.3, -0.25) is 4.79 Å². The number of piperidine rings is 1. The molecule has 3 amide bonds.